The second-order valence-corrected chi connectivity index (χ2v) is 8.02. The van der Waals surface area contributed by atoms with Crippen molar-refractivity contribution in [1.82, 2.24) is 15.0 Å². The van der Waals surface area contributed by atoms with E-state index in [1.807, 2.05) is 62.3 Å². The van der Waals surface area contributed by atoms with Crippen molar-refractivity contribution < 1.29 is 29.3 Å². The third kappa shape index (κ3) is 9.43. The molecule has 0 aliphatic heterocycles. The van der Waals surface area contributed by atoms with Crippen LogP contribution in [-0.4, -0.2) is 31.8 Å². The number of aromatic nitrogens is 3. The molecule has 0 N–H and O–H groups in total. The lowest BCUT2D eigenvalue weighted by Gasteiger charge is -2.19. The molecule has 1 rings (SSSR count). The zero-order valence-electron chi connectivity index (χ0n) is 15.8. The summed E-state index contributed by atoms with van der Waals surface area (Å²) in [7, 11) is 0. The monoisotopic (exact) mass is 345 g/mol. The van der Waals surface area contributed by atoms with Crippen LogP contribution in [0.4, 0.5) is 0 Å². The topological polar surface area (TPSA) is 94.1 Å². The molecule has 0 saturated carbocycles. The summed E-state index contributed by atoms with van der Waals surface area (Å²) in [5, 5.41) is 0. The number of nitrogens with zero attached hydrogens (tertiary/aromatic N) is 3. The molecule has 1 aromatic rings. The van der Waals surface area contributed by atoms with Crippen LogP contribution in [0, 0.1) is 0 Å². The molecule has 0 radical (unpaired) electrons. The molecule has 0 spiro atoms. The minimum absolute atomic E-state index is 0.153. The third-order valence-electron chi connectivity index (χ3n) is 1.67. The molecule has 0 bridgehead atoms. The van der Waals surface area contributed by atoms with Gasteiger partial charge in [-0.05, 0) is 62.3 Å². The summed E-state index contributed by atoms with van der Waals surface area (Å²) >= 11 is 0. The Morgan fingerprint density at radius 1 is 0.458 bits per heavy atom. The molecule has 0 fully saturated rings. The zero-order valence-corrected chi connectivity index (χ0v) is 15.8. The molecule has 9 nitrogen and oxygen atoms in total. The van der Waals surface area contributed by atoms with Crippen molar-refractivity contribution in [2.45, 2.75) is 79.1 Å². The number of rotatable bonds is 6. The Balaban J connectivity index is 2.91. The molecule has 0 aliphatic rings. The van der Waals surface area contributed by atoms with E-state index in [4.69, 9.17) is 29.3 Å². The molecule has 1 aromatic heterocycles. The van der Waals surface area contributed by atoms with Crippen molar-refractivity contribution in [1.29, 1.82) is 0 Å². The van der Waals surface area contributed by atoms with Crippen LogP contribution in [0.15, 0.2) is 0 Å². The maximum Gasteiger partial charge on any atom is 0.362 e. The first-order valence-corrected chi connectivity index (χ1v) is 7.57. The molecule has 0 aromatic carbocycles. The Hall–Kier alpha value is -1.71. The van der Waals surface area contributed by atoms with E-state index in [9.17, 15) is 0 Å². The molecule has 9 heteroatoms. The Kier molecular flexibility index (Phi) is 6.32. The van der Waals surface area contributed by atoms with Crippen LogP contribution >= 0.6 is 0 Å². The summed E-state index contributed by atoms with van der Waals surface area (Å²) in [5.41, 5.74) is -1.67. The molecule has 0 saturated heterocycles. The van der Waals surface area contributed by atoms with Gasteiger partial charge in [0, 0.05) is 0 Å². The Morgan fingerprint density at radius 3 is 0.833 bits per heavy atom. The molecule has 1 heterocycles. The Labute approximate surface area is 142 Å². The van der Waals surface area contributed by atoms with Gasteiger partial charge < -0.3 is 0 Å². The number of hydrogen-bond acceptors (Lipinski definition) is 9. The lowest BCUT2D eigenvalue weighted by atomic mass is 10.2. The quantitative estimate of drug-likeness (QED) is 0.569. The van der Waals surface area contributed by atoms with E-state index < -0.39 is 16.8 Å². The predicted octanol–water partition coefficient (Wildman–Crippen LogP) is 3.20. The van der Waals surface area contributed by atoms with E-state index in [-0.39, 0.29) is 18.0 Å². The smallest absolute Gasteiger partial charge is 0.294 e. The lowest BCUT2D eigenvalue weighted by molar-refractivity contribution is -0.294. The van der Waals surface area contributed by atoms with E-state index >= 15 is 0 Å². The van der Waals surface area contributed by atoms with Crippen molar-refractivity contribution >= 4 is 0 Å². The molecule has 0 atom stereocenters. The molecule has 0 unspecified atom stereocenters. The maximum absolute atomic E-state index is 5.17. The minimum atomic E-state index is -0.557. The fraction of sp³-hybridized carbons (Fsp3) is 0.800. The Bertz CT molecular complexity index is 443. The summed E-state index contributed by atoms with van der Waals surface area (Å²) in [4.78, 5) is 42.6. The van der Waals surface area contributed by atoms with Crippen LogP contribution in [0.2, 0.25) is 0 Å². The molecule has 0 aliphatic carbocycles. The zero-order chi connectivity index (χ0) is 18.6. The van der Waals surface area contributed by atoms with E-state index in [1.165, 1.54) is 0 Å². The van der Waals surface area contributed by atoms with E-state index in [2.05, 4.69) is 15.0 Å². The Morgan fingerprint density at radius 2 is 0.667 bits per heavy atom. The van der Waals surface area contributed by atoms with Crippen LogP contribution in [0.1, 0.15) is 62.3 Å². The van der Waals surface area contributed by atoms with Crippen molar-refractivity contribution in [3.63, 3.8) is 0 Å². The highest BCUT2D eigenvalue weighted by molar-refractivity contribution is 5.07. The van der Waals surface area contributed by atoms with Gasteiger partial charge in [-0.2, -0.15) is 14.7 Å². The van der Waals surface area contributed by atoms with E-state index in [0.29, 0.717) is 0 Å². The van der Waals surface area contributed by atoms with Gasteiger partial charge in [0.25, 0.3) is 0 Å². The fourth-order valence-corrected chi connectivity index (χ4v) is 0.919. The fourth-order valence-electron chi connectivity index (χ4n) is 0.919. The van der Waals surface area contributed by atoms with Gasteiger partial charge in [0.2, 0.25) is 0 Å². The van der Waals surface area contributed by atoms with Crippen molar-refractivity contribution in [2.24, 2.45) is 0 Å². The van der Waals surface area contributed by atoms with Crippen LogP contribution in [0.25, 0.3) is 0 Å². The second kappa shape index (κ2) is 7.45. The first-order chi connectivity index (χ1) is 10.7. The summed E-state index contributed by atoms with van der Waals surface area (Å²) in [6.07, 6.45) is 0. The van der Waals surface area contributed by atoms with Crippen molar-refractivity contribution in [2.75, 3.05) is 0 Å². The third-order valence-corrected chi connectivity index (χ3v) is 1.67. The first-order valence-electron chi connectivity index (χ1n) is 7.57. The van der Waals surface area contributed by atoms with Gasteiger partial charge in [0.15, 0.2) is 0 Å². The molecule has 24 heavy (non-hydrogen) atoms. The lowest BCUT2D eigenvalue weighted by Crippen LogP contribution is -2.24. The minimum Gasteiger partial charge on any atom is -0.294 e. The molecule has 138 valence electrons. The highest BCUT2D eigenvalue weighted by atomic mass is 17.2. The summed E-state index contributed by atoms with van der Waals surface area (Å²) < 4.78 is 0. The largest absolute Gasteiger partial charge is 0.362 e. The second-order valence-electron chi connectivity index (χ2n) is 8.02. The highest BCUT2D eigenvalue weighted by Gasteiger charge is 2.21. The summed E-state index contributed by atoms with van der Waals surface area (Å²) in [6, 6.07) is -0.458. The summed E-state index contributed by atoms with van der Waals surface area (Å²) in [5.74, 6) is 0. The van der Waals surface area contributed by atoms with Crippen molar-refractivity contribution in [3.05, 3.63) is 0 Å². The predicted molar refractivity (Wildman–Crippen MR) is 84.2 cm³/mol. The average Bonchev–Trinajstić information content (AvgIpc) is 2.38. The van der Waals surface area contributed by atoms with Gasteiger partial charge in [-0.15, -0.1) is 15.0 Å². The van der Waals surface area contributed by atoms with Crippen LogP contribution in [-0.2, 0) is 14.7 Å². The standard InChI is InChI=1S/C15H27N3O6/c1-13(2,3)22-19-10-16-11(20-23-14(4,5)6)18-12(17-10)21-24-15(7,8)9/h1-9H3. The van der Waals surface area contributed by atoms with Gasteiger partial charge in [-0.3, -0.25) is 14.7 Å². The van der Waals surface area contributed by atoms with E-state index in [0.717, 1.165) is 0 Å². The van der Waals surface area contributed by atoms with Gasteiger partial charge in [-0.1, -0.05) is 0 Å². The van der Waals surface area contributed by atoms with Crippen LogP contribution < -0.4 is 14.7 Å². The molecular formula is C15H27N3O6. The molecule has 0 amide bonds. The van der Waals surface area contributed by atoms with Gasteiger partial charge in [0.05, 0.1) is 0 Å². The first kappa shape index (κ1) is 20.3. The van der Waals surface area contributed by atoms with Gasteiger partial charge >= 0.3 is 18.0 Å². The van der Waals surface area contributed by atoms with Crippen LogP contribution in [0.3, 0.4) is 0 Å². The van der Waals surface area contributed by atoms with Gasteiger partial charge in [-0.25, -0.2) is 0 Å². The van der Waals surface area contributed by atoms with Crippen molar-refractivity contribution in [3.8, 4) is 18.0 Å². The average molecular weight is 345 g/mol. The normalized spacial score (nSPS) is 12.9. The molecular weight excluding hydrogens is 318 g/mol. The maximum atomic E-state index is 5.17. The van der Waals surface area contributed by atoms with E-state index in [1.54, 1.807) is 0 Å². The van der Waals surface area contributed by atoms with Crippen LogP contribution in [0.5, 0.6) is 18.0 Å². The number of hydrogen-bond donors (Lipinski definition) is 0. The SMILES string of the molecule is CC(C)(C)OOc1nc(OOC(C)(C)C)nc(OOC(C)(C)C)n1. The summed E-state index contributed by atoms with van der Waals surface area (Å²) in [6.45, 7) is 16.3. The van der Waals surface area contributed by atoms with Gasteiger partial charge in [0.1, 0.15) is 16.8 Å². The highest BCUT2D eigenvalue weighted by Crippen LogP contribution is 2.20.